The number of para-hydroxylation sites is 1. The van der Waals surface area contributed by atoms with Crippen molar-refractivity contribution in [2.24, 2.45) is 0 Å². The minimum absolute atomic E-state index is 0.267. The Morgan fingerprint density at radius 3 is 2.32 bits per heavy atom. The van der Waals surface area contributed by atoms with E-state index >= 15 is 0 Å². The summed E-state index contributed by atoms with van der Waals surface area (Å²) in [6, 6.07) is 22.4. The smallest absolute Gasteiger partial charge is 0.335 e. The summed E-state index contributed by atoms with van der Waals surface area (Å²) in [7, 11) is 0. The highest BCUT2D eigenvalue weighted by Crippen LogP contribution is 2.22. The molecule has 0 aliphatic carbocycles. The fourth-order valence-corrected chi connectivity index (χ4v) is 2.73. The van der Waals surface area contributed by atoms with Gasteiger partial charge in [0, 0.05) is 17.8 Å². The number of benzene rings is 3. The minimum atomic E-state index is -0.932. The van der Waals surface area contributed by atoms with Gasteiger partial charge >= 0.3 is 5.97 Å². The number of anilines is 1. The van der Waals surface area contributed by atoms with Gasteiger partial charge in [-0.2, -0.15) is 0 Å². The number of rotatable bonds is 9. The normalized spacial score (nSPS) is 10.3. The maximum Gasteiger partial charge on any atom is 0.335 e. The summed E-state index contributed by atoms with van der Waals surface area (Å²) < 4.78 is 11.4. The van der Waals surface area contributed by atoms with E-state index in [1.165, 1.54) is 0 Å². The Morgan fingerprint density at radius 1 is 0.929 bits per heavy atom. The average molecular weight is 377 g/mol. The number of carboxylic acid groups (broad SMARTS) is 1. The Hall–Kier alpha value is -3.47. The van der Waals surface area contributed by atoms with Gasteiger partial charge in [0.2, 0.25) is 0 Å². The van der Waals surface area contributed by atoms with Gasteiger partial charge in [0.25, 0.3) is 0 Å². The van der Waals surface area contributed by atoms with Crippen LogP contribution in [0.2, 0.25) is 0 Å². The molecule has 3 aromatic carbocycles. The number of carbonyl (C=O) groups is 1. The highest BCUT2D eigenvalue weighted by Gasteiger charge is 2.06. The van der Waals surface area contributed by atoms with E-state index in [2.05, 4.69) is 5.32 Å². The Labute approximate surface area is 164 Å². The minimum Gasteiger partial charge on any atom is -0.494 e. The molecule has 3 rings (SSSR count). The Balaban J connectivity index is 1.60. The largest absolute Gasteiger partial charge is 0.494 e. The van der Waals surface area contributed by atoms with Gasteiger partial charge in [0.1, 0.15) is 18.1 Å². The van der Waals surface area contributed by atoms with Crippen LogP contribution in [-0.2, 0) is 13.2 Å². The summed E-state index contributed by atoms with van der Waals surface area (Å²) in [5, 5.41) is 12.4. The third-order valence-corrected chi connectivity index (χ3v) is 4.22. The zero-order chi connectivity index (χ0) is 19.8. The molecule has 0 atom stereocenters. The van der Waals surface area contributed by atoms with Crippen molar-refractivity contribution in [3.8, 4) is 11.5 Å². The summed E-state index contributed by atoms with van der Waals surface area (Å²) in [6.07, 6.45) is 0. The van der Waals surface area contributed by atoms with Crippen LogP contribution in [0.3, 0.4) is 0 Å². The molecule has 0 radical (unpaired) electrons. The summed E-state index contributed by atoms with van der Waals surface area (Å²) in [5.41, 5.74) is 3.23. The van der Waals surface area contributed by atoms with Crippen molar-refractivity contribution < 1.29 is 19.4 Å². The van der Waals surface area contributed by atoms with Crippen LogP contribution in [0.1, 0.15) is 28.4 Å². The van der Waals surface area contributed by atoms with Crippen molar-refractivity contribution in [3.63, 3.8) is 0 Å². The lowest BCUT2D eigenvalue weighted by molar-refractivity contribution is 0.0697. The second kappa shape index (κ2) is 9.46. The third kappa shape index (κ3) is 5.27. The lowest BCUT2D eigenvalue weighted by Crippen LogP contribution is -2.04. The van der Waals surface area contributed by atoms with E-state index < -0.39 is 5.97 Å². The molecular weight excluding hydrogens is 354 g/mol. The zero-order valence-electron chi connectivity index (χ0n) is 15.7. The topological polar surface area (TPSA) is 67.8 Å². The summed E-state index contributed by atoms with van der Waals surface area (Å²) in [6.45, 7) is 3.61. The molecule has 5 heteroatoms. The molecule has 2 N–H and O–H groups in total. The molecule has 0 aromatic heterocycles. The van der Waals surface area contributed by atoms with Crippen LogP contribution >= 0.6 is 0 Å². The molecule has 0 spiro atoms. The van der Waals surface area contributed by atoms with Gasteiger partial charge in [0.05, 0.1) is 12.2 Å². The van der Waals surface area contributed by atoms with Crippen LogP contribution in [0, 0.1) is 0 Å². The van der Waals surface area contributed by atoms with E-state index in [0.29, 0.717) is 19.8 Å². The monoisotopic (exact) mass is 377 g/mol. The average Bonchev–Trinajstić information content (AvgIpc) is 2.73. The molecule has 144 valence electrons. The van der Waals surface area contributed by atoms with E-state index in [0.717, 1.165) is 28.3 Å². The summed E-state index contributed by atoms with van der Waals surface area (Å²) >= 11 is 0. The third-order valence-electron chi connectivity index (χ3n) is 4.22. The number of carboxylic acids is 1. The van der Waals surface area contributed by atoms with E-state index in [9.17, 15) is 4.79 Å². The predicted octanol–water partition coefficient (Wildman–Crippen LogP) is 4.97. The predicted molar refractivity (Wildman–Crippen MR) is 109 cm³/mol. The maximum atomic E-state index is 10.9. The van der Waals surface area contributed by atoms with Crippen LogP contribution in [0.4, 0.5) is 5.69 Å². The van der Waals surface area contributed by atoms with Gasteiger partial charge in [-0.25, -0.2) is 4.79 Å². The van der Waals surface area contributed by atoms with Crippen molar-refractivity contribution in [1.82, 2.24) is 0 Å². The molecule has 0 unspecified atom stereocenters. The van der Waals surface area contributed by atoms with Gasteiger partial charge in [-0.1, -0.05) is 30.3 Å². The van der Waals surface area contributed by atoms with Crippen molar-refractivity contribution >= 4 is 11.7 Å². The number of hydrogen-bond acceptors (Lipinski definition) is 4. The summed E-state index contributed by atoms with van der Waals surface area (Å²) in [4.78, 5) is 10.9. The van der Waals surface area contributed by atoms with E-state index in [1.807, 2.05) is 55.5 Å². The number of aromatic carboxylic acids is 1. The van der Waals surface area contributed by atoms with Crippen LogP contribution in [0.5, 0.6) is 11.5 Å². The molecular formula is C23H23NO4. The van der Waals surface area contributed by atoms with Gasteiger partial charge in [-0.3, -0.25) is 0 Å². The van der Waals surface area contributed by atoms with Crippen molar-refractivity contribution in [3.05, 3.63) is 89.5 Å². The maximum absolute atomic E-state index is 10.9. The standard InChI is InChI=1S/C23H23NO4/c1-2-27-21-13-11-20(12-14-21)24-15-19-5-3-4-6-22(19)28-16-17-7-9-18(10-8-17)23(25)26/h3-14,24H,2,15-16H2,1H3,(H,25,26). The first kappa shape index (κ1) is 19.3. The van der Waals surface area contributed by atoms with Crippen molar-refractivity contribution in [2.75, 3.05) is 11.9 Å². The molecule has 0 saturated carbocycles. The molecule has 0 heterocycles. The quantitative estimate of drug-likeness (QED) is 0.551. The van der Waals surface area contributed by atoms with E-state index in [1.54, 1.807) is 24.3 Å². The first-order chi connectivity index (χ1) is 13.7. The Morgan fingerprint density at radius 2 is 1.64 bits per heavy atom. The molecule has 0 fully saturated rings. The van der Waals surface area contributed by atoms with Gasteiger partial charge in [0.15, 0.2) is 0 Å². The van der Waals surface area contributed by atoms with Crippen LogP contribution < -0.4 is 14.8 Å². The van der Waals surface area contributed by atoms with E-state index in [4.69, 9.17) is 14.6 Å². The fraction of sp³-hybridized carbons (Fsp3) is 0.174. The lowest BCUT2D eigenvalue weighted by atomic mass is 10.1. The number of hydrogen-bond donors (Lipinski definition) is 2. The second-order valence-electron chi connectivity index (χ2n) is 6.21. The van der Waals surface area contributed by atoms with Gasteiger partial charge < -0.3 is 19.9 Å². The van der Waals surface area contributed by atoms with Crippen LogP contribution in [0.15, 0.2) is 72.8 Å². The van der Waals surface area contributed by atoms with Gasteiger partial charge in [-0.15, -0.1) is 0 Å². The molecule has 0 saturated heterocycles. The zero-order valence-corrected chi connectivity index (χ0v) is 15.7. The van der Waals surface area contributed by atoms with E-state index in [-0.39, 0.29) is 5.56 Å². The Kier molecular flexibility index (Phi) is 6.52. The summed E-state index contributed by atoms with van der Waals surface area (Å²) in [5.74, 6) is 0.715. The number of ether oxygens (including phenoxy) is 2. The van der Waals surface area contributed by atoms with Crippen LogP contribution in [-0.4, -0.2) is 17.7 Å². The lowest BCUT2D eigenvalue weighted by Gasteiger charge is -2.13. The molecule has 3 aromatic rings. The van der Waals surface area contributed by atoms with Gasteiger partial charge in [-0.05, 0) is 55.0 Å². The SMILES string of the molecule is CCOc1ccc(NCc2ccccc2OCc2ccc(C(=O)O)cc2)cc1. The molecule has 0 aliphatic rings. The fourth-order valence-electron chi connectivity index (χ4n) is 2.73. The van der Waals surface area contributed by atoms with Crippen molar-refractivity contribution in [1.29, 1.82) is 0 Å². The number of nitrogens with one attached hydrogen (secondary N) is 1. The molecule has 0 bridgehead atoms. The molecule has 0 aliphatic heterocycles. The molecule has 5 nitrogen and oxygen atoms in total. The van der Waals surface area contributed by atoms with Crippen LogP contribution in [0.25, 0.3) is 0 Å². The Bertz CT molecular complexity index is 905. The highest BCUT2D eigenvalue weighted by atomic mass is 16.5. The second-order valence-corrected chi connectivity index (χ2v) is 6.21. The highest BCUT2D eigenvalue weighted by molar-refractivity contribution is 5.87. The first-order valence-electron chi connectivity index (χ1n) is 9.15. The van der Waals surface area contributed by atoms with Crippen molar-refractivity contribution in [2.45, 2.75) is 20.1 Å². The molecule has 28 heavy (non-hydrogen) atoms. The molecule has 0 amide bonds. The first-order valence-corrected chi connectivity index (χ1v) is 9.15.